The van der Waals surface area contributed by atoms with Crippen LogP contribution in [0.5, 0.6) is 5.75 Å². The van der Waals surface area contributed by atoms with Crippen LogP contribution < -0.4 is 41.1 Å². The van der Waals surface area contributed by atoms with Crippen molar-refractivity contribution in [3.63, 3.8) is 0 Å². The molecule has 21 heteroatoms. The highest BCUT2D eigenvalue weighted by Crippen LogP contribution is 2.37. The molecule has 1 aromatic carbocycles. The van der Waals surface area contributed by atoms with Crippen LogP contribution in [0.15, 0.2) is 73.6 Å². The zero-order chi connectivity index (χ0) is 47.4. The van der Waals surface area contributed by atoms with Crippen molar-refractivity contribution < 1.29 is 42.6 Å². The van der Waals surface area contributed by atoms with E-state index in [1.807, 2.05) is 31.1 Å². The lowest BCUT2D eigenvalue weighted by Crippen LogP contribution is -2.46. The maximum absolute atomic E-state index is 13.5. The minimum atomic E-state index is -0.778. The molecule has 5 N–H and O–H groups in total. The number of carbonyl (C=O) groups excluding carboxylic acids is 5. The Morgan fingerprint density at radius 2 is 1.58 bits per heavy atom. The van der Waals surface area contributed by atoms with Crippen molar-refractivity contribution in [3.8, 4) is 17.1 Å². The lowest BCUT2D eigenvalue weighted by atomic mass is 10.0. The summed E-state index contributed by atoms with van der Waals surface area (Å²) in [5, 5.41) is 14.3. The number of unbranched alkanes of at least 4 members (excludes halogenated alkanes) is 1. The molecule has 0 bridgehead atoms. The average molecular weight is 909 g/mol. The Morgan fingerprint density at radius 1 is 0.818 bits per heavy atom. The van der Waals surface area contributed by atoms with Crippen LogP contribution in [0.3, 0.4) is 0 Å². The molecule has 1 unspecified atom stereocenters. The van der Waals surface area contributed by atoms with Crippen LogP contribution in [0.25, 0.3) is 11.4 Å². The fourth-order valence-corrected chi connectivity index (χ4v) is 6.79. The maximum Gasteiger partial charge on any atom is 0.254 e. The Morgan fingerprint density at radius 3 is 2.24 bits per heavy atom. The summed E-state index contributed by atoms with van der Waals surface area (Å²) in [4.78, 5) is 86.0. The van der Waals surface area contributed by atoms with Crippen molar-refractivity contribution in [2.45, 2.75) is 31.7 Å². The van der Waals surface area contributed by atoms with Crippen molar-refractivity contribution >= 4 is 64.8 Å². The topological polar surface area (TPSA) is 244 Å². The summed E-state index contributed by atoms with van der Waals surface area (Å²) in [5.74, 6) is -0.483. The highest BCUT2D eigenvalue weighted by Gasteiger charge is 2.28. The number of aromatic nitrogens is 5. The molecule has 0 fully saturated rings. The Bertz CT molecular complexity index is 2430. The number of benzene rings is 1. The third kappa shape index (κ3) is 13.2. The van der Waals surface area contributed by atoms with Crippen LogP contribution in [0.1, 0.15) is 45.5 Å². The number of anilines is 6. The SMILES string of the molecule is CNC(=O)c1cnc(Nc2ccc(C(=O)NCCOCCOCCc3cccc(N(C=O)C(CCCC=O)C(=O)NC)c3N(C)C)cn2)cc1Nc1cncc(-c2ncc(F)cn2)c1OC. The molecule has 0 saturated heterocycles. The standard InChI is InChI=1S/C45H53FN12O8/c1-47-44(62)32-26-52-39(21-34(32)55-35-27-49-25-33(41(35)64-5)42-53-23-31(46)24-54-42)56-38-13-12-30(22-51-38)43(61)50-15-18-66-20-19-65-17-14-29-9-8-11-36(40(29)57(3)4)58(28-60)37(45(63)48-2)10-6-7-16-59/h8-9,11-13,16,21-28,37H,6-7,10,14-15,17-20H2,1-5H3,(H,47,62)(H,48,63)(H,50,61)(H2,51,52,55,56). The van der Waals surface area contributed by atoms with Crippen molar-refractivity contribution in [1.82, 2.24) is 40.9 Å². The van der Waals surface area contributed by atoms with E-state index in [9.17, 15) is 28.4 Å². The highest BCUT2D eigenvalue weighted by atomic mass is 19.1. The molecule has 0 aliphatic heterocycles. The number of aldehydes is 1. The quantitative estimate of drug-likeness (QED) is 0.0391. The van der Waals surface area contributed by atoms with Gasteiger partial charge in [-0.05, 0) is 43.0 Å². The van der Waals surface area contributed by atoms with Gasteiger partial charge in [0.1, 0.15) is 29.7 Å². The Hall–Kier alpha value is -7.65. The first-order valence-corrected chi connectivity index (χ1v) is 20.9. The molecule has 0 aliphatic carbocycles. The van der Waals surface area contributed by atoms with Gasteiger partial charge < -0.3 is 55.4 Å². The van der Waals surface area contributed by atoms with E-state index in [4.69, 9.17) is 14.2 Å². The summed E-state index contributed by atoms with van der Waals surface area (Å²) in [6.07, 6.45) is 10.9. The molecule has 4 aromatic heterocycles. The number of pyridine rings is 3. The van der Waals surface area contributed by atoms with Crippen molar-refractivity contribution in [2.24, 2.45) is 0 Å². The minimum Gasteiger partial charge on any atom is -0.494 e. The Kier molecular flexibility index (Phi) is 18.7. The Balaban J connectivity index is 1.09. The summed E-state index contributed by atoms with van der Waals surface area (Å²) < 4.78 is 30.6. The third-order valence-electron chi connectivity index (χ3n) is 9.93. The average Bonchev–Trinajstić information content (AvgIpc) is 3.33. The van der Waals surface area contributed by atoms with E-state index < -0.39 is 17.8 Å². The van der Waals surface area contributed by atoms with Gasteiger partial charge in [-0.1, -0.05) is 12.1 Å². The van der Waals surface area contributed by atoms with Gasteiger partial charge in [0.15, 0.2) is 17.4 Å². The van der Waals surface area contributed by atoms with E-state index >= 15 is 0 Å². The smallest absolute Gasteiger partial charge is 0.254 e. The molecule has 0 radical (unpaired) electrons. The van der Waals surface area contributed by atoms with Crippen molar-refractivity contribution in [1.29, 1.82) is 0 Å². The number of methoxy groups -OCH3 is 1. The summed E-state index contributed by atoms with van der Waals surface area (Å²) >= 11 is 0. The van der Waals surface area contributed by atoms with Gasteiger partial charge in [0.25, 0.3) is 11.8 Å². The van der Waals surface area contributed by atoms with E-state index in [1.165, 1.54) is 50.9 Å². The zero-order valence-electron chi connectivity index (χ0n) is 37.3. The largest absolute Gasteiger partial charge is 0.494 e. The van der Waals surface area contributed by atoms with Crippen molar-refractivity contribution in [2.75, 3.05) is 88.7 Å². The molecule has 348 valence electrons. The maximum atomic E-state index is 13.5. The third-order valence-corrected chi connectivity index (χ3v) is 9.93. The fraction of sp³-hybridized carbons (Fsp3) is 0.333. The predicted octanol–water partition coefficient (Wildman–Crippen LogP) is 3.84. The molecule has 5 aromatic rings. The van der Waals surface area contributed by atoms with Crippen LogP contribution in [0.2, 0.25) is 0 Å². The number of nitrogens with zero attached hydrogens (tertiary/aromatic N) is 7. The van der Waals surface area contributed by atoms with Gasteiger partial charge in [0, 0.05) is 65.8 Å². The second-order valence-electron chi connectivity index (χ2n) is 14.5. The molecule has 5 rings (SSSR count). The highest BCUT2D eigenvalue weighted by molar-refractivity contribution is 6.01. The zero-order valence-corrected chi connectivity index (χ0v) is 37.3. The molecule has 66 heavy (non-hydrogen) atoms. The summed E-state index contributed by atoms with van der Waals surface area (Å²) in [6, 6.07) is 9.59. The van der Waals surface area contributed by atoms with E-state index in [2.05, 4.69) is 51.5 Å². The molecule has 0 aliphatic rings. The van der Waals surface area contributed by atoms with Gasteiger partial charge in [-0.25, -0.2) is 24.3 Å². The number of carbonyl (C=O) groups is 5. The van der Waals surface area contributed by atoms with Gasteiger partial charge >= 0.3 is 0 Å². The summed E-state index contributed by atoms with van der Waals surface area (Å²) in [5.41, 5.74) is 3.91. The molecule has 0 spiro atoms. The summed E-state index contributed by atoms with van der Waals surface area (Å²) in [6.45, 7) is 1.47. The number of ether oxygens (including phenoxy) is 3. The second kappa shape index (κ2) is 25.0. The van der Waals surface area contributed by atoms with Crippen LogP contribution in [-0.4, -0.2) is 130 Å². The molecule has 1 atom stereocenters. The number of likely N-dealkylation sites (N-methyl/N-ethyl adjacent to an activating group) is 1. The monoisotopic (exact) mass is 908 g/mol. The van der Waals surface area contributed by atoms with Gasteiger partial charge in [0.05, 0.1) is 85.9 Å². The van der Waals surface area contributed by atoms with E-state index in [0.29, 0.717) is 91.1 Å². The van der Waals surface area contributed by atoms with Crippen LogP contribution >= 0.6 is 0 Å². The lowest BCUT2D eigenvalue weighted by Gasteiger charge is -2.31. The number of rotatable bonds is 26. The normalized spacial score (nSPS) is 11.2. The first-order chi connectivity index (χ1) is 32.0. The van der Waals surface area contributed by atoms with Crippen LogP contribution in [-0.2, 0) is 30.3 Å². The van der Waals surface area contributed by atoms with Gasteiger partial charge in [-0.2, -0.15) is 0 Å². The Labute approximate surface area is 381 Å². The van der Waals surface area contributed by atoms with E-state index in [-0.39, 0.29) is 42.8 Å². The number of halogens is 1. The summed E-state index contributed by atoms with van der Waals surface area (Å²) in [7, 11) is 8.18. The molecule has 20 nitrogen and oxygen atoms in total. The number of para-hydroxylation sites is 1. The van der Waals surface area contributed by atoms with Crippen molar-refractivity contribution in [3.05, 3.63) is 96.1 Å². The minimum absolute atomic E-state index is 0.185. The van der Waals surface area contributed by atoms with E-state index in [1.54, 1.807) is 24.3 Å². The van der Waals surface area contributed by atoms with Crippen LogP contribution in [0, 0.1) is 5.82 Å². The molecule has 4 amide bonds. The van der Waals surface area contributed by atoms with Gasteiger partial charge in [-0.15, -0.1) is 0 Å². The predicted molar refractivity (Wildman–Crippen MR) is 245 cm³/mol. The number of hydrogen-bond donors (Lipinski definition) is 5. The molecule has 4 heterocycles. The number of hydrogen-bond acceptors (Lipinski definition) is 16. The van der Waals surface area contributed by atoms with E-state index in [0.717, 1.165) is 29.9 Å². The first kappa shape index (κ1) is 49.4. The first-order valence-electron chi connectivity index (χ1n) is 20.9. The van der Waals surface area contributed by atoms with Gasteiger partial charge in [0.2, 0.25) is 12.3 Å². The van der Waals surface area contributed by atoms with Crippen LogP contribution in [0.4, 0.5) is 38.8 Å². The number of nitrogens with one attached hydrogen (secondary N) is 5. The fourth-order valence-electron chi connectivity index (χ4n) is 6.79. The number of amides is 4. The van der Waals surface area contributed by atoms with Gasteiger partial charge in [-0.3, -0.25) is 24.2 Å². The second-order valence-corrected chi connectivity index (χ2v) is 14.5. The molecular weight excluding hydrogens is 856 g/mol. The lowest BCUT2D eigenvalue weighted by molar-refractivity contribution is -0.123. The molecular formula is C45H53FN12O8. The molecule has 0 saturated carbocycles.